The highest BCUT2D eigenvalue weighted by molar-refractivity contribution is 6.13. The Kier molecular flexibility index (Phi) is 4.71. The van der Waals surface area contributed by atoms with E-state index in [4.69, 9.17) is 4.74 Å². The Morgan fingerprint density at radius 3 is 2.79 bits per heavy atom. The number of benzene rings is 2. The quantitative estimate of drug-likeness (QED) is 0.737. The molecule has 2 aromatic carbocycles. The Bertz CT molecular complexity index is 731. The van der Waals surface area contributed by atoms with Crippen LogP contribution in [0.5, 0.6) is 5.75 Å². The third kappa shape index (κ3) is 3.21. The first-order valence-corrected chi connectivity index (χ1v) is 8.13. The van der Waals surface area contributed by atoms with Crippen LogP contribution in [0.4, 0.5) is 11.4 Å². The van der Waals surface area contributed by atoms with Gasteiger partial charge in [0, 0.05) is 17.2 Å². The number of anilines is 2. The molecule has 2 aromatic rings. The molecule has 0 aliphatic carbocycles. The molecule has 24 heavy (non-hydrogen) atoms. The number of nitrogens with one attached hydrogen (secondary N) is 2. The molecule has 0 aromatic heterocycles. The minimum absolute atomic E-state index is 0.0172. The van der Waals surface area contributed by atoms with Gasteiger partial charge in [0.15, 0.2) is 11.5 Å². The second kappa shape index (κ2) is 6.93. The first-order valence-electron chi connectivity index (χ1n) is 8.13. The van der Waals surface area contributed by atoms with Crippen LogP contribution in [-0.4, -0.2) is 36.2 Å². The van der Waals surface area contributed by atoms with Gasteiger partial charge in [-0.2, -0.15) is 0 Å². The van der Waals surface area contributed by atoms with Crippen LogP contribution in [0.25, 0.3) is 0 Å². The number of carbonyl (C=O) groups excluding carboxylic acids is 1. The van der Waals surface area contributed by atoms with E-state index in [0.717, 1.165) is 5.69 Å². The molecule has 1 aliphatic heterocycles. The van der Waals surface area contributed by atoms with Crippen LogP contribution in [0.3, 0.4) is 0 Å². The van der Waals surface area contributed by atoms with E-state index in [-0.39, 0.29) is 24.5 Å². The number of ketones is 1. The zero-order valence-electron chi connectivity index (χ0n) is 13.9. The molecule has 2 unspecified atom stereocenters. The van der Waals surface area contributed by atoms with E-state index in [9.17, 15) is 9.90 Å². The standard InChI is InChI=1S/C19H22N2O3/c1-12(10-22)20-16-9-8-15(17-19(16)24-11-13(2)21-17)18(23)14-6-4-3-5-7-14/h3-9,12-13,20-22H,10-11H2,1-2H3. The van der Waals surface area contributed by atoms with E-state index in [0.29, 0.717) is 29.2 Å². The van der Waals surface area contributed by atoms with E-state index < -0.39 is 0 Å². The highest BCUT2D eigenvalue weighted by Crippen LogP contribution is 2.40. The highest BCUT2D eigenvalue weighted by Gasteiger charge is 2.25. The fraction of sp³-hybridized carbons (Fsp3) is 0.316. The van der Waals surface area contributed by atoms with Gasteiger partial charge in [0.05, 0.1) is 24.0 Å². The third-order valence-corrected chi connectivity index (χ3v) is 3.98. The highest BCUT2D eigenvalue weighted by atomic mass is 16.5. The molecule has 3 rings (SSSR count). The molecule has 0 saturated carbocycles. The molecule has 0 saturated heterocycles. The molecule has 0 radical (unpaired) electrons. The van der Waals surface area contributed by atoms with Gasteiger partial charge in [-0.05, 0) is 26.0 Å². The maximum atomic E-state index is 12.9. The Hall–Kier alpha value is -2.53. The number of fused-ring (bicyclic) bond motifs is 1. The Morgan fingerprint density at radius 2 is 2.08 bits per heavy atom. The topological polar surface area (TPSA) is 70.6 Å². The summed E-state index contributed by atoms with van der Waals surface area (Å²) in [4.78, 5) is 12.9. The summed E-state index contributed by atoms with van der Waals surface area (Å²) in [5.74, 6) is 0.592. The Balaban J connectivity index is 2.03. The van der Waals surface area contributed by atoms with Gasteiger partial charge in [0.2, 0.25) is 0 Å². The Labute approximate surface area is 141 Å². The molecule has 0 spiro atoms. The summed E-state index contributed by atoms with van der Waals surface area (Å²) in [6.45, 7) is 4.44. The van der Waals surface area contributed by atoms with Gasteiger partial charge < -0.3 is 20.5 Å². The van der Waals surface area contributed by atoms with E-state index in [1.54, 1.807) is 6.07 Å². The van der Waals surface area contributed by atoms with Crippen molar-refractivity contribution in [2.45, 2.75) is 25.9 Å². The lowest BCUT2D eigenvalue weighted by atomic mass is 9.99. The summed E-state index contributed by atoms with van der Waals surface area (Å²) < 4.78 is 5.88. The molecule has 0 bridgehead atoms. The number of aliphatic hydroxyl groups is 1. The molecule has 5 heteroatoms. The van der Waals surface area contributed by atoms with Crippen LogP contribution in [-0.2, 0) is 0 Å². The fourth-order valence-corrected chi connectivity index (χ4v) is 2.73. The van der Waals surface area contributed by atoms with Crippen molar-refractivity contribution in [3.8, 4) is 5.75 Å². The summed E-state index contributed by atoms with van der Waals surface area (Å²) in [5.41, 5.74) is 2.71. The van der Waals surface area contributed by atoms with Gasteiger partial charge in [0.25, 0.3) is 0 Å². The van der Waals surface area contributed by atoms with Crippen molar-refractivity contribution in [3.63, 3.8) is 0 Å². The predicted molar refractivity (Wildman–Crippen MR) is 95.1 cm³/mol. The molecule has 126 valence electrons. The molecule has 5 nitrogen and oxygen atoms in total. The van der Waals surface area contributed by atoms with Gasteiger partial charge in [0.1, 0.15) is 6.61 Å². The van der Waals surface area contributed by atoms with Crippen LogP contribution < -0.4 is 15.4 Å². The fourth-order valence-electron chi connectivity index (χ4n) is 2.73. The number of rotatable bonds is 5. The zero-order valence-corrected chi connectivity index (χ0v) is 13.9. The van der Waals surface area contributed by atoms with Crippen molar-refractivity contribution < 1.29 is 14.6 Å². The average Bonchev–Trinajstić information content (AvgIpc) is 2.61. The summed E-state index contributed by atoms with van der Waals surface area (Å²) in [6.07, 6.45) is 0. The summed E-state index contributed by atoms with van der Waals surface area (Å²) in [5, 5.41) is 15.8. The molecule has 1 heterocycles. The van der Waals surface area contributed by atoms with Crippen molar-refractivity contribution in [1.29, 1.82) is 0 Å². The van der Waals surface area contributed by atoms with Crippen LogP contribution in [0, 0.1) is 0 Å². The van der Waals surface area contributed by atoms with Gasteiger partial charge in [-0.1, -0.05) is 30.3 Å². The lowest BCUT2D eigenvalue weighted by Crippen LogP contribution is -2.31. The number of hydrogen-bond donors (Lipinski definition) is 3. The van der Waals surface area contributed by atoms with E-state index in [1.165, 1.54) is 0 Å². The maximum absolute atomic E-state index is 12.9. The van der Waals surface area contributed by atoms with Crippen molar-refractivity contribution in [1.82, 2.24) is 0 Å². The van der Waals surface area contributed by atoms with Crippen molar-refractivity contribution >= 4 is 17.2 Å². The SMILES string of the molecule is CC(CO)Nc1ccc(C(=O)c2ccccc2)c2c1OCC(C)N2. The maximum Gasteiger partial charge on any atom is 0.195 e. The first kappa shape index (κ1) is 16.3. The van der Waals surface area contributed by atoms with Gasteiger partial charge in [-0.15, -0.1) is 0 Å². The van der Waals surface area contributed by atoms with Crippen LogP contribution in [0.1, 0.15) is 29.8 Å². The minimum atomic E-state index is -0.104. The van der Waals surface area contributed by atoms with Gasteiger partial charge in [-0.25, -0.2) is 0 Å². The number of ether oxygens (including phenoxy) is 1. The van der Waals surface area contributed by atoms with Crippen molar-refractivity contribution in [3.05, 3.63) is 53.6 Å². The average molecular weight is 326 g/mol. The van der Waals surface area contributed by atoms with Gasteiger partial charge >= 0.3 is 0 Å². The van der Waals surface area contributed by atoms with Crippen molar-refractivity contribution in [2.24, 2.45) is 0 Å². The lowest BCUT2D eigenvalue weighted by molar-refractivity contribution is 0.103. The van der Waals surface area contributed by atoms with Crippen LogP contribution >= 0.6 is 0 Å². The van der Waals surface area contributed by atoms with E-state index in [2.05, 4.69) is 10.6 Å². The van der Waals surface area contributed by atoms with Gasteiger partial charge in [-0.3, -0.25) is 4.79 Å². The zero-order chi connectivity index (χ0) is 17.1. The monoisotopic (exact) mass is 326 g/mol. The predicted octanol–water partition coefficient (Wildman–Crippen LogP) is 2.90. The normalized spacial score (nSPS) is 17.2. The largest absolute Gasteiger partial charge is 0.487 e. The first-order chi connectivity index (χ1) is 11.6. The van der Waals surface area contributed by atoms with Crippen molar-refractivity contribution in [2.75, 3.05) is 23.8 Å². The molecular weight excluding hydrogens is 304 g/mol. The number of carbonyl (C=O) groups is 1. The van der Waals surface area contributed by atoms with Crippen LogP contribution in [0.15, 0.2) is 42.5 Å². The summed E-state index contributed by atoms with van der Waals surface area (Å²) >= 11 is 0. The molecule has 3 N–H and O–H groups in total. The van der Waals surface area contributed by atoms with Crippen LogP contribution in [0.2, 0.25) is 0 Å². The second-order valence-electron chi connectivity index (χ2n) is 6.14. The molecule has 0 fully saturated rings. The number of aliphatic hydroxyl groups excluding tert-OH is 1. The number of hydrogen-bond acceptors (Lipinski definition) is 5. The smallest absolute Gasteiger partial charge is 0.195 e. The minimum Gasteiger partial charge on any atom is -0.487 e. The third-order valence-electron chi connectivity index (χ3n) is 3.98. The molecule has 2 atom stereocenters. The summed E-state index contributed by atoms with van der Waals surface area (Å²) in [7, 11) is 0. The van der Waals surface area contributed by atoms with E-state index >= 15 is 0 Å². The second-order valence-corrected chi connectivity index (χ2v) is 6.14. The summed E-state index contributed by atoms with van der Waals surface area (Å²) in [6, 6.07) is 12.9. The lowest BCUT2D eigenvalue weighted by Gasteiger charge is -2.29. The van der Waals surface area contributed by atoms with E-state index in [1.807, 2.05) is 50.2 Å². The molecule has 1 aliphatic rings. The Morgan fingerprint density at radius 1 is 1.33 bits per heavy atom. The molecular formula is C19H22N2O3. The molecule has 0 amide bonds.